The van der Waals surface area contributed by atoms with E-state index in [9.17, 15) is 18.0 Å². The minimum atomic E-state index is -0.667. The van der Waals surface area contributed by atoms with Gasteiger partial charge in [-0.25, -0.2) is 13.2 Å². The molecular weight excluding hydrogens is 393 g/mol. The number of ether oxygens (including phenoxy) is 1. The van der Waals surface area contributed by atoms with Crippen molar-refractivity contribution in [1.29, 1.82) is 0 Å². The zero-order valence-electron chi connectivity index (χ0n) is 16.3. The number of hydrogen-bond donors (Lipinski definition) is 1. The number of aromatic nitrogens is 1. The van der Waals surface area contributed by atoms with E-state index >= 15 is 0 Å². The highest BCUT2D eigenvalue weighted by Gasteiger charge is 2.40. The second-order valence-electron chi connectivity index (χ2n) is 8.03. The largest absolute Gasteiger partial charge is 0.378 e. The summed E-state index contributed by atoms with van der Waals surface area (Å²) in [5.74, 6) is -1.66. The van der Waals surface area contributed by atoms with Gasteiger partial charge in [0.2, 0.25) is 5.91 Å². The summed E-state index contributed by atoms with van der Waals surface area (Å²) < 4.78 is 47.2. The first-order chi connectivity index (χ1) is 14.5. The number of rotatable bonds is 3. The molecule has 1 saturated carbocycles. The molecule has 1 aliphatic heterocycles. The number of amides is 1. The van der Waals surface area contributed by atoms with Crippen LogP contribution in [0.3, 0.4) is 0 Å². The molecule has 0 radical (unpaired) electrons. The predicted molar refractivity (Wildman–Crippen MR) is 106 cm³/mol. The summed E-state index contributed by atoms with van der Waals surface area (Å²) in [7, 11) is 0. The lowest BCUT2D eigenvalue weighted by Gasteiger charge is -2.39. The van der Waals surface area contributed by atoms with E-state index in [2.05, 4.69) is 4.98 Å². The van der Waals surface area contributed by atoms with Crippen LogP contribution >= 0.6 is 0 Å². The summed E-state index contributed by atoms with van der Waals surface area (Å²) in [5.41, 5.74) is 2.37. The Hall–Kier alpha value is -2.80. The molecule has 0 atom stereocenters. The van der Waals surface area contributed by atoms with Crippen molar-refractivity contribution in [2.75, 3.05) is 26.3 Å². The molecule has 0 bridgehead atoms. The number of morpholine rings is 1. The van der Waals surface area contributed by atoms with Gasteiger partial charge in [-0.2, -0.15) is 0 Å². The fourth-order valence-corrected chi connectivity index (χ4v) is 4.61. The topological polar surface area (TPSA) is 45.3 Å². The highest BCUT2D eigenvalue weighted by molar-refractivity contribution is 5.92. The molecule has 7 heteroatoms. The van der Waals surface area contributed by atoms with E-state index < -0.39 is 11.6 Å². The maximum Gasteiger partial charge on any atom is 0.225 e. The summed E-state index contributed by atoms with van der Waals surface area (Å²) >= 11 is 0. The van der Waals surface area contributed by atoms with Crippen LogP contribution < -0.4 is 0 Å². The molecule has 1 amide bonds. The van der Waals surface area contributed by atoms with Crippen LogP contribution in [0, 0.1) is 23.4 Å². The number of carbonyl (C=O) groups is 1. The van der Waals surface area contributed by atoms with E-state index in [0.717, 1.165) is 11.6 Å². The van der Waals surface area contributed by atoms with Crippen LogP contribution in [0.5, 0.6) is 0 Å². The number of hydrogen-bond acceptors (Lipinski definition) is 2. The van der Waals surface area contributed by atoms with Crippen molar-refractivity contribution < 1.29 is 22.7 Å². The van der Waals surface area contributed by atoms with Gasteiger partial charge in [0.1, 0.15) is 17.5 Å². The molecule has 2 heterocycles. The average Bonchev–Trinajstić information content (AvgIpc) is 3.07. The second kappa shape index (κ2) is 7.47. The Bertz CT molecular complexity index is 1100. The van der Waals surface area contributed by atoms with Gasteiger partial charge in [0.15, 0.2) is 0 Å². The van der Waals surface area contributed by atoms with Crippen molar-refractivity contribution in [2.45, 2.75) is 18.8 Å². The van der Waals surface area contributed by atoms with E-state index in [0.29, 0.717) is 55.8 Å². The maximum absolute atomic E-state index is 14.4. The van der Waals surface area contributed by atoms with Crippen LogP contribution in [0.2, 0.25) is 0 Å². The molecule has 4 nitrogen and oxygen atoms in total. The Morgan fingerprint density at radius 3 is 2.40 bits per heavy atom. The number of aromatic amines is 1. The normalized spacial score (nSPS) is 21.6. The standard InChI is InChI=1S/C23H21F3N2O2/c24-16-3-1-13(2-4-16)21-20(18-11-17(25)12-19(26)22(18)27-21)14-9-15(10-14)23(29)28-5-7-30-8-6-28/h1-4,11-12,14-15,27H,5-10H2/t14-,15-. The number of H-pyrrole nitrogens is 1. The van der Waals surface area contributed by atoms with Crippen molar-refractivity contribution in [1.82, 2.24) is 9.88 Å². The smallest absolute Gasteiger partial charge is 0.225 e. The van der Waals surface area contributed by atoms with Gasteiger partial charge in [-0.1, -0.05) is 0 Å². The SMILES string of the molecule is O=C([C@H]1C[C@H](c2c(-c3ccc(F)cc3)[nH]c3c(F)cc(F)cc32)C1)N1CCOCC1. The van der Waals surface area contributed by atoms with Gasteiger partial charge >= 0.3 is 0 Å². The average molecular weight is 414 g/mol. The molecule has 2 aliphatic rings. The first kappa shape index (κ1) is 19.2. The molecule has 3 aromatic rings. The van der Waals surface area contributed by atoms with E-state index in [1.54, 1.807) is 12.1 Å². The minimum Gasteiger partial charge on any atom is -0.378 e. The van der Waals surface area contributed by atoms with E-state index in [1.165, 1.54) is 18.2 Å². The Morgan fingerprint density at radius 1 is 1.00 bits per heavy atom. The zero-order valence-corrected chi connectivity index (χ0v) is 16.3. The molecule has 1 N–H and O–H groups in total. The lowest BCUT2D eigenvalue weighted by atomic mass is 9.69. The number of benzene rings is 2. The third-order valence-electron chi connectivity index (χ3n) is 6.22. The zero-order chi connectivity index (χ0) is 20.8. The van der Waals surface area contributed by atoms with Gasteiger partial charge in [0.25, 0.3) is 0 Å². The van der Waals surface area contributed by atoms with Crippen LogP contribution in [-0.4, -0.2) is 42.1 Å². The fourth-order valence-electron chi connectivity index (χ4n) is 4.61. The molecule has 0 unspecified atom stereocenters. The van der Waals surface area contributed by atoms with Gasteiger partial charge in [0, 0.05) is 30.5 Å². The van der Waals surface area contributed by atoms with Gasteiger partial charge in [-0.15, -0.1) is 0 Å². The number of fused-ring (bicyclic) bond motifs is 1. The lowest BCUT2D eigenvalue weighted by Crippen LogP contribution is -2.46. The van der Waals surface area contributed by atoms with Crippen LogP contribution in [0.1, 0.15) is 24.3 Å². The molecule has 2 fully saturated rings. The molecule has 0 spiro atoms. The molecule has 5 rings (SSSR count). The second-order valence-corrected chi connectivity index (χ2v) is 8.03. The molecule has 1 aromatic heterocycles. The molecule has 2 aromatic carbocycles. The van der Waals surface area contributed by atoms with E-state index in [1.807, 2.05) is 4.90 Å². The molecule has 156 valence electrons. The number of nitrogens with zero attached hydrogens (tertiary/aromatic N) is 1. The van der Waals surface area contributed by atoms with Gasteiger partial charge in [-0.3, -0.25) is 4.79 Å². The summed E-state index contributed by atoms with van der Waals surface area (Å²) in [4.78, 5) is 17.7. The van der Waals surface area contributed by atoms with Crippen molar-refractivity contribution in [3.63, 3.8) is 0 Å². The molecule has 1 aliphatic carbocycles. The minimum absolute atomic E-state index is 0.00464. The van der Waals surface area contributed by atoms with Gasteiger partial charge < -0.3 is 14.6 Å². The van der Waals surface area contributed by atoms with Crippen LogP contribution in [0.15, 0.2) is 36.4 Å². The molecule has 30 heavy (non-hydrogen) atoms. The van der Waals surface area contributed by atoms with Crippen LogP contribution in [0.4, 0.5) is 13.2 Å². The Morgan fingerprint density at radius 2 is 1.70 bits per heavy atom. The fraction of sp³-hybridized carbons (Fsp3) is 0.348. The summed E-state index contributed by atoms with van der Waals surface area (Å²) in [6.45, 7) is 2.31. The third-order valence-corrected chi connectivity index (χ3v) is 6.22. The molecular formula is C23H21F3N2O2. The van der Waals surface area contributed by atoms with Crippen molar-refractivity contribution in [3.8, 4) is 11.3 Å². The highest BCUT2D eigenvalue weighted by atomic mass is 19.1. The Kier molecular flexibility index (Phi) is 4.77. The van der Waals surface area contributed by atoms with Crippen molar-refractivity contribution in [3.05, 3.63) is 59.4 Å². The quantitative estimate of drug-likeness (QED) is 0.681. The highest BCUT2D eigenvalue weighted by Crippen LogP contribution is 2.48. The van der Waals surface area contributed by atoms with E-state index in [4.69, 9.17) is 4.74 Å². The number of nitrogens with one attached hydrogen (secondary N) is 1. The number of carbonyl (C=O) groups excluding carboxylic acids is 1. The summed E-state index contributed by atoms with van der Waals surface area (Å²) in [6.07, 6.45) is 1.24. The predicted octanol–water partition coefficient (Wildman–Crippen LogP) is 4.60. The maximum atomic E-state index is 14.4. The number of halogens is 3. The van der Waals surface area contributed by atoms with Crippen LogP contribution in [0.25, 0.3) is 22.2 Å². The third kappa shape index (κ3) is 3.27. The Labute approximate surface area is 171 Å². The van der Waals surface area contributed by atoms with Crippen molar-refractivity contribution >= 4 is 16.8 Å². The van der Waals surface area contributed by atoms with Crippen molar-refractivity contribution in [2.24, 2.45) is 5.92 Å². The van der Waals surface area contributed by atoms with Gasteiger partial charge in [0.05, 0.1) is 24.4 Å². The Balaban J connectivity index is 1.49. The van der Waals surface area contributed by atoms with Crippen LogP contribution in [-0.2, 0) is 9.53 Å². The first-order valence-corrected chi connectivity index (χ1v) is 10.1. The molecule has 1 saturated heterocycles. The van der Waals surface area contributed by atoms with E-state index in [-0.39, 0.29) is 29.1 Å². The lowest BCUT2D eigenvalue weighted by molar-refractivity contribution is -0.142. The first-order valence-electron chi connectivity index (χ1n) is 10.1. The van der Waals surface area contributed by atoms with Gasteiger partial charge in [-0.05, 0) is 60.2 Å². The summed E-state index contributed by atoms with van der Waals surface area (Å²) in [5, 5.41) is 0.481. The monoisotopic (exact) mass is 414 g/mol. The summed E-state index contributed by atoms with van der Waals surface area (Å²) in [6, 6.07) is 8.09.